The summed E-state index contributed by atoms with van der Waals surface area (Å²) in [5.74, 6) is -2.57. The van der Waals surface area contributed by atoms with Gasteiger partial charge in [0.2, 0.25) is 5.91 Å². The lowest BCUT2D eigenvalue weighted by Crippen LogP contribution is -2.19. The Bertz CT molecular complexity index is 1880. The van der Waals surface area contributed by atoms with E-state index in [0.717, 1.165) is 26.2 Å². The van der Waals surface area contributed by atoms with Crippen molar-refractivity contribution >= 4 is 108 Å². The average Bonchev–Trinajstić information content (AvgIpc) is 3.38. The number of hydrogen-bond donors (Lipinski definition) is 3. The van der Waals surface area contributed by atoms with E-state index in [-0.39, 0.29) is 21.0 Å². The van der Waals surface area contributed by atoms with Crippen molar-refractivity contribution in [3.8, 4) is 0 Å². The van der Waals surface area contributed by atoms with Crippen LogP contribution < -0.4 is 10.6 Å². The molecule has 3 N–H and O–H groups in total. The van der Waals surface area contributed by atoms with Gasteiger partial charge in [0.25, 0.3) is 5.91 Å². The van der Waals surface area contributed by atoms with E-state index in [0.29, 0.717) is 10.8 Å². The molecule has 0 bridgehead atoms. The third kappa shape index (κ3) is 6.77. The molecule has 0 aliphatic rings. The molecule has 0 aliphatic carbocycles. The molecular weight excluding hydrogens is 672 g/mol. The van der Waals surface area contributed by atoms with E-state index >= 15 is 0 Å². The van der Waals surface area contributed by atoms with Crippen molar-refractivity contribution in [3.05, 3.63) is 115 Å². The van der Waals surface area contributed by atoms with Crippen LogP contribution in [0.3, 0.4) is 0 Å². The summed E-state index contributed by atoms with van der Waals surface area (Å²) < 4.78 is 0.983. The molecule has 5 rings (SSSR count). The summed E-state index contributed by atoms with van der Waals surface area (Å²) in [4.78, 5) is 43.7. The summed E-state index contributed by atoms with van der Waals surface area (Å²) >= 11 is 27.1. The Morgan fingerprint density at radius 3 is 2.14 bits per heavy atom. The summed E-state index contributed by atoms with van der Waals surface area (Å²) in [6, 6.07) is 22.0. The third-order valence-electron chi connectivity index (χ3n) is 6.19. The number of carboxylic acid groups (broad SMARTS) is 1. The molecule has 5 aromatic rings. The van der Waals surface area contributed by atoms with Gasteiger partial charge in [0, 0.05) is 10.6 Å². The van der Waals surface area contributed by atoms with E-state index in [9.17, 15) is 19.5 Å². The highest BCUT2D eigenvalue weighted by molar-refractivity contribution is 8.00. The number of aryl methyl sites for hydroxylation is 1. The van der Waals surface area contributed by atoms with Crippen molar-refractivity contribution in [2.24, 2.45) is 0 Å². The number of carbonyl (C=O) groups excluding carboxylic acids is 2. The van der Waals surface area contributed by atoms with Crippen molar-refractivity contribution in [3.63, 3.8) is 0 Å². The molecule has 218 valence electrons. The van der Waals surface area contributed by atoms with Gasteiger partial charge in [-0.3, -0.25) is 9.59 Å². The summed E-state index contributed by atoms with van der Waals surface area (Å²) in [5, 5.41) is 13.9. The Balaban J connectivity index is 1.36. The molecule has 1 atom stereocenters. The van der Waals surface area contributed by atoms with Gasteiger partial charge >= 0.3 is 5.97 Å². The molecule has 0 aliphatic heterocycles. The lowest BCUT2D eigenvalue weighted by Gasteiger charge is -2.17. The molecule has 1 heterocycles. The first-order valence-corrected chi connectivity index (χ1v) is 15.6. The number of carbonyl (C=O) groups is 3. The predicted octanol–water partition coefficient (Wildman–Crippen LogP) is 9.64. The lowest BCUT2D eigenvalue weighted by atomic mass is 10.1. The third-order valence-corrected chi connectivity index (χ3v) is 10.2. The Labute approximate surface area is 274 Å². The second kappa shape index (κ2) is 13.1. The zero-order valence-electron chi connectivity index (χ0n) is 22.0. The van der Waals surface area contributed by atoms with Crippen molar-refractivity contribution in [2.75, 3.05) is 10.6 Å². The molecule has 0 fully saturated rings. The number of fused-ring (bicyclic) bond motifs is 1. The van der Waals surface area contributed by atoms with Crippen LogP contribution in [-0.2, 0) is 4.79 Å². The lowest BCUT2D eigenvalue weighted by molar-refractivity contribution is -0.115. The Morgan fingerprint density at radius 1 is 0.837 bits per heavy atom. The number of hydrogen-bond acceptors (Lipinski definition) is 6. The van der Waals surface area contributed by atoms with Gasteiger partial charge in [0.1, 0.15) is 5.25 Å². The number of nitrogens with zero attached hydrogens (tertiary/aromatic N) is 1. The highest BCUT2D eigenvalue weighted by atomic mass is 35.5. The zero-order valence-corrected chi connectivity index (χ0v) is 26.6. The Hall–Kier alpha value is -3.31. The largest absolute Gasteiger partial charge is 0.478 e. The normalized spacial score (nSPS) is 11.7. The second-order valence-corrected chi connectivity index (χ2v) is 12.9. The number of thiazole rings is 1. The highest BCUT2D eigenvalue weighted by Gasteiger charge is 2.29. The highest BCUT2D eigenvalue weighted by Crippen LogP contribution is 2.42. The number of rotatable bonds is 8. The summed E-state index contributed by atoms with van der Waals surface area (Å²) in [7, 11) is 0. The van der Waals surface area contributed by atoms with E-state index in [2.05, 4.69) is 15.6 Å². The molecule has 0 saturated carbocycles. The van der Waals surface area contributed by atoms with E-state index in [1.165, 1.54) is 23.1 Å². The van der Waals surface area contributed by atoms with E-state index < -0.39 is 33.3 Å². The monoisotopic (exact) mass is 689 g/mol. The van der Waals surface area contributed by atoms with Gasteiger partial charge in [-0.2, -0.15) is 0 Å². The van der Waals surface area contributed by atoms with Gasteiger partial charge in [-0.05, 0) is 54.4 Å². The van der Waals surface area contributed by atoms with Crippen molar-refractivity contribution < 1.29 is 19.5 Å². The Kier molecular flexibility index (Phi) is 9.51. The minimum atomic E-state index is -1.49. The summed E-state index contributed by atoms with van der Waals surface area (Å²) in [6.45, 7) is 2.00. The van der Waals surface area contributed by atoms with Crippen molar-refractivity contribution in [1.29, 1.82) is 0 Å². The van der Waals surface area contributed by atoms with Crippen LogP contribution in [0, 0.1) is 6.92 Å². The second-order valence-electron chi connectivity index (χ2n) is 9.18. The molecule has 1 unspecified atom stereocenters. The van der Waals surface area contributed by atoms with Gasteiger partial charge in [-0.25, -0.2) is 9.78 Å². The van der Waals surface area contributed by atoms with Crippen LogP contribution in [-0.4, -0.2) is 27.9 Å². The Morgan fingerprint density at radius 2 is 1.49 bits per heavy atom. The molecule has 13 heteroatoms. The molecule has 43 heavy (non-hydrogen) atoms. The molecular formula is C30H19Cl4N3O4S2. The van der Waals surface area contributed by atoms with Gasteiger partial charge in [0.15, 0.2) is 5.13 Å². The molecule has 2 amide bonds. The number of aromatic nitrogens is 1. The molecule has 0 saturated heterocycles. The first-order chi connectivity index (χ1) is 20.5. The SMILES string of the molecule is Cc1ccc2nc(NC(=O)C(Sc3ccc(NC(=O)c4c(Cl)c(Cl)c(Cl)c(Cl)c4C(=O)O)cc3)c3ccccc3)sc2c1. The number of amides is 2. The molecule has 7 nitrogen and oxygen atoms in total. The number of aromatic carboxylic acids is 1. The van der Waals surface area contributed by atoms with Gasteiger partial charge in [-0.15, -0.1) is 11.8 Å². The fourth-order valence-electron chi connectivity index (χ4n) is 4.15. The maximum Gasteiger partial charge on any atom is 0.338 e. The quantitative estimate of drug-likeness (QED) is 0.0850. The fraction of sp³-hybridized carbons (Fsp3) is 0.0667. The predicted molar refractivity (Wildman–Crippen MR) is 176 cm³/mol. The zero-order chi connectivity index (χ0) is 30.8. The topological polar surface area (TPSA) is 108 Å². The first kappa shape index (κ1) is 31.1. The van der Waals surface area contributed by atoms with Gasteiger partial charge < -0.3 is 15.7 Å². The van der Waals surface area contributed by atoms with Crippen molar-refractivity contribution in [2.45, 2.75) is 17.1 Å². The fourth-order valence-corrected chi connectivity index (χ4v) is 7.16. The minimum absolute atomic E-state index is 0.235. The average molecular weight is 691 g/mol. The van der Waals surface area contributed by atoms with Crippen LogP contribution in [0.4, 0.5) is 10.8 Å². The molecule has 0 spiro atoms. The van der Waals surface area contributed by atoms with Crippen LogP contribution in [0.25, 0.3) is 10.2 Å². The van der Waals surface area contributed by atoms with Crippen LogP contribution >= 0.6 is 69.5 Å². The number of nitrogens with one attached hydrogen (secondary N) is 2. The number of carboxylic acids is 1. The number of anilines is 2. The van der Waals surface area contributed by atoms with Crippen molar-refractivity contribution in [1.82, 2.24) is 4.98 Å². The van der Waals surface area contributed by atoms with E-state index in [1.54, 1.807) is 24.3 Å². The van der Waals surface area contributed by atoms with Gasteiger partial charge in [-0.1, -0.05) is 94.1 Å². The molecule has 1 aromatic heterocycles. The van der Waals surface area contributed by atoms with Crippen LogP contribution in [0.15, 0.2) is 77.7 Å². The van der Waals surface area contributed by atoms with Crippen LogP contribution in [0.1, 0.15) is 37.1 Å². The number of halogens is 4. The summed E-state index contributed by atoms with van der Waals surface area (Å²) in [6.07, 6.45) is 0. The van der Waals surface area contributed by atoms with Crippen LogP contribution in [0.5, 0.6) is 0 Å². The maximum atomic E-state index is 13.5. The first-order valence-electron chi connectivity index (χ1n) is 12.4. The summed E-state index contributed by atoms with van der Waals surface area (Å²) in [5.41, 5.74) is 2.08. The van der Waals surface area contributed by atoms with E-state index in [4.69, 9.17) is 46.4 Å². The maximum absolute atomic E-state index is 13.5. The molecule has 0 radical (unpaired) electrons. The smallest absolute Gasteiger partial charge is 0.338 e. The van der Waals surface area contributed by atoms with Crippen LogP contribution in [0.2, 0.25) is 20.1 Å². The minimum Gasteiger partial charge on any atom is -0.478 e. The van der Waals surface area contributed by atoms with Gasteiger partial charge in [0.05, 0.1) is 41.4 Å². The standard InChI is InChI=1S/C30H19Cl4N3O4S2/c1-14-7-12-18-19(13-14)43-30(36-18)37-28(39)26(15-5-3-2-4-6-15)42-17-10-8-16(9-11-17)35-27(38)20-21(29(40)41)23(32)25(34)24(33)22(20)31/h2-13,26H,1H3,(H,35,38)(H,40,41)(H,36,37,39). The number of benzene rings is 4. The molecule has 4 aromatic carbocycles. The number of thioether (sulfide) groups is 1. The van der Waals surface area contributed by atoms with E-state index in [1.807, 2.05) is 55.5 Å².